The zero-order valence-corrected chi connectivity index (χ0v) is 18.1. The molecule has 2 aromatic heterocycles. The number of fused-ring (bicyclic) bond motifs is 1. The zero-order valence-electron chi connectivity index (χ0n) is 18.1. The van der Waals surface area contributed by atoms with Gasteiger partial charge in [0, 0.05) is 6.54 Å². The highest BCUT2D eigenvalue weighted by atomic mass is 16.5. The molecule has 2 heterocycles. The third-order valence-electron chi connectivity index (χ3n) is 5.32. The molecule has 1 N–H and O–H groups in total. The second-order valence-electron chi connectivity index (χ2n) is 7.61. The highest BCUT2D eigenvalue weighted by molar-refractivity contribution is 5.77. The number of ether oxygens (including phenoxy) is 1. The lowest BCUT2D eigenvalue weighted by atomic mass is 10.1. The highest BCUT2D eigenvalue weighted by Gasteiger charge is 2.11. The SMILES string of the molecule is Cc1ccccc1Cn1cnc2c(cnn2CCNC(=O)COc2ccccc2C)c1=O. The maximum atomic E-state index is 12.9. The van der Waals surface area contributed by atoms with E-state index in [0.29, 0.717) is 36.4 Å². The van der Waals surface area contributed by atoms with E-state index in [0.717, 1.165) is 16.7 Å². The summed E-state index contributed by atoms with van der Waals surface area (Å²) in [6.07, 6.45) is 3.08. The number of hydrogen-bond acceptors (Lipinski definition) is 5. The molecule has 0 atom stereocenters. The fourth-order valence-electron chi connectivity index (χ4n) is 3.46. The molecule has 0 spiro atoms. The summed E-state index contributed by atoms with van der Waals surface area (Å²) in [5, 5.41) is 7.54. The van der Waals surface area contributed by atoms with Crippen molar-refractivity contribution in [3.05, 3.63) is 88.1 Å². The smallest absolute Gasteiger partial charge is 0.264 e. The Hall–Kier alpha value is -3.94. The Morgan fingerprint density at radius 2 is 1.81 bits per heavy atom. The van der Waals surface area contributed by atoms with E-state index in [1.807, 2.05) is 62.4 Å². The van der Waals surface area contributed by atoms with Crippen molar-refractivity contribution in [2.24, 2.45) is 0 Å². The Balaban J connectivity index is 1.36. The third kappa shape index (κ3) is 4.69. The molecule has 4 aromatic rings. The summed E-state index contributed by atoms with van der Waals surface area (Å²) in [7, 11) is 0. The molecule has 0 aliphatic carbocycles. The largest absolute Gasteiger partial charge is 0.484 e. The molecule has 0 aliphatic rings. The molecule has 32 heavy (non-hydrogen) atoms. The Morgan fingerprint density at radius 1 is 1.06 bits per heavy atom. The van der Waals surface area contributed by atoms with E-state index in [4.69, 9.17) is 4.74 Å². The molecule has 4 rings (SSSR count). The summed E-state index contributed by atoms with van der Waals surface area (Å²) < 4.78 is 8.76. The van der Waals surface area contributed by atoms with Gasteiger partial charge in [-0.1, -0.05) is 42.5 Å². The first-order valence-corrected chi connectivity index (χ1v) is 10.4. The second kappa shape index (κ2) is 9.47. The Bertz CT molecular complexity index is 1310. The minimum absolute atomic E-state index is 0.0629. The molecular formula is C24H25N5O3. The van der Waals surface area contributed by atoms with Crippen LogP contribution in [-0.2, 0) is 17.9 Å². The van der Waals surface area contributed by atoms with Crippen LogP contribution in [-0.4, -0.2) is 38.4 Å². The van der Waals surface area contributed by atoms with Crippen molar-refractivity contribution in [2.45, 2.75) is 26.9 Å². The van der Waals surface area contributed by atoms with Gasteiger partial charge in [0.15, 0.2) is 12.3 Å². The van der Waals surface area contributed by atoms with Gasteiger partial charge >= 0.3 is 0 Å². The monoisotopic (exact) mass is 431 g/mol. The molecule has 0 saturated heterocycles. The Kier molecular flexibility index (Phi) is 6.30. The van der Waals surface area contributed by atoms with Crippen LogP contribution in [0.3, 0.4) is 0 Å². The maximum absolute atomic E-state index is 12.9. The number of carbonyl (C=O) groups is 1. The van der Waals surface area contributed by atoms with E-state index in [-0.39, 0.29) is 18.1 Å². The number of para-hydroxylation sites is 1. The van der Waals surface area contributed by atoms with Crippen molar-refractivity contribution in [2.75, 3.05) is 13.2 Å². The molecule has 0 fully saturated rings. The van der Waals surface area contributed by atoms with Crippen LogP contribution in [0.1, 0.15) is 16.7 Å². The van der Waals surface area contributed by atoms with Gasteiger partial charge in [0.05, 0.1) is 19.3 Å². The van der Waals surface area contributed by atoms with Crippen LogP contribution in [0.4, 0.5) is 0 Å². The summed E-state index contributed by atoms with van der Waals surface area (Å²) in [4.78, 5) is 29.4. The summed E-state index contributed by atoms with van der Waals surface area (Å²) in [6, 6.07) is 15.5. The van der Waals surface area contributed by atoms with Crippen molar-refractivity contribution < 1.29 is 9.53 Å². The number of aryl methyl sites for hydroxylation is 2. The number of benzene rings is 2. The first-order chi connectivity index (χ1) is 15.5. The van der Waals surface area contributed by atoms with E-state index in [1.54, 1.807) is 15.6 Å². The number of amides is 1. The van der Waals surface area contributed by atoms with Gasteiger partial charge < -0.3 is 10.1 Å². The van der Waals surface area contributed by atoms with Crippen molar-refractivity contribution in [3.63, 3.8) is 0 Å². The van der Waals surface area contributed by atoms with Crippen LogP contribution in [0, 0.1) is 13.8 Å². The van der Waals surface area contributed by atoms with Crippen LogP contribution < -0.4 is 15.6 Å². The van der Waals surface area contributed by atoms with Gasteiger partial charge in [-0.2, -0.15) is 5.10 Å². The normalized spacial score (nSPS) is 10.9. The second-order valence-corrected chi connectivity index (χ2v) is 7.61. The van der Waals surface area contributed by atoms with Gasteiger partial charge in [-0.25, -0.2) is 9.67 Å². The van der Waals surface area contributed by atoms with E-state index >= 15 is 0 Å². The van der Waals surface area contributed by atoms with Crippen molar-refractivity contribution in [1.82, 2.24) is 24.6 Å². The van der Waals surface area contributed by atoms with Crippen LogP contribution >= 0.6 is 0 Å². The van der Waals surface area contributed by atoms with Crippen molar-refractivity contribution in [1.29, 1.82) is 0 Å². The number of aromatic nitrogens is 4. The molecule has 8 heteroatoms. The van der Waals surface area contributed by atoms with Crippen molar-refractivity contribution >= 4 is 16.9 Å². The lowest BCUT2D eigenvalue weighted by Crippen LogP contribution is -2.32. The van der Waals surface area contributed by atoms with E-state index in [2.05, 4.69) is 15.4 Å². The van der Waals surface area contributed by atoms with Gasteiger partial charge in [-0.15, -0.1) is 0 Å². The minimum atomic E-state index is -0.224. The molecule has 0 aliphatic heterocycles. The van der Waals surface area contributed by atoms with Crippen LogP contribution in [0.2, 0.25) is 0 Å². The molecule has 0 radical (unpaired) electrons. The van der Waals surface area contributed by atoms with Crippen LogP contribution in [0.15, 0.2) is 65.8 Å². The number of nitrogens with zero attached hydrogens (tertiary/aromatic N) is 4. The predicted molar refractivity (Wildman–Crippen MR) is 122 cm³/mol. The number of hydrogen-bond donors (Lipinski definition) is 1. The van der Waals surface area contributed by atoms with Gasteiger partial charge in [-0.3, -0.25) is 14.2 Å². The predicted octanol–water partition coefficient (Wildman–Crippen LogP) is 2.45. The fourth-order valence-corrected chi connectivity index (χ4v) is 3.46. The molecular weight excluding hydrogens is 406 g/mol. The quantitative estimate of drug-likeness (QED) is 0.463. The minimum Gasteiger partial charge on any atom is -0.484 e. The van der Waals surface area contributed by atoms with Gasteiger partial charge in [-0.05, 0) is 36.6 Å². The van der Waals surface area contributed by atoms with Gasteiger partial charge in [0.25, 0.3) is 11.5 Å². The summed E-state index contributed by atoms with van der Waals surface area (Å²) in [6.45, 7) is 5.08. The molecule has 0 bridgehead atoms. The molecule has 0 saturated carbocycles. The van der Waals surface area contributed by atoms with Crippen LogP contribution in [0.5, 0.6) is 5.75 Å². The van der Waals surface area contributed by atoms with Crippen LogP contribution in [0.25, 0.3) is 11.0 Å². The van der Waals surface area contributed by atoms with E-state index in [9.17, 15) is 9.59 Å². The lowest BCUT2D eigenvalue weighted by molar-refractivity contribution is -0.123. The zero-order chi connectivity index (χ0) is 22.5. The molecule has 8 nitrogen and oxygen atoms in total. The Labute approximate surface area is 185 Å². The fraction of sp³-hybridized carbons (Fsp3) is 0.250. The summed E-state index contributed by atoms with van der Waals surface area (Å²) >= 11 is 0. The highest BCUT2D eigenvalue weighted by Crippen LogP contribution is 2.15. The van der Waals surface area contributed by atoms with E-state index < -0.39 is 0 Å². The Morgan fingerprint density at radius 3 is 2.59 bits per heavy atom. The molecule has 164 valence electrons. The molecule has 1 amide bonds. The van der Waals surface area contributed by atoms with Gasteiger partial charge in [0.2, 0.25) is 0 Å². The first kappa shape index (κ1) is 21.3. The average Bonchev–Trinajstić information content (AvgIpc) is 3.20. The number of rotatable bonds is 8. The summed E-state index contributed by atoms with van der Waals surface area (Å²) in [5.74, 6) is 0.463. The summed E-state index contributed by atoms with van der Waals surface area (Å²) in [5.41, 5.74) is 3.53. The number of nitrogens with one attached hydrogen (secondary N) is 1. The molecule has 0 unspecified atom stereocenters. The first-order valence-electron chi connectivity index (χ1n) is 10.4. The number of carbonyl (C=O) groups excluding carboxylic acids is 1. The lowest BCUT2D eigenvalue weighted by Gasteiger charge is -2.10. The topological polar surface area (TPSA) is 91.0 Å². The maximum Gasteiger partial charge on any atom is 0.264 e. The third-order valence-corrected chi connectivity index (χ3v) is 5.32. The van der Waals surface area contributed by atoms with Gasteiger partial charge in [0.1, 0.15) is 17.5 Å². The van der Waals surface area contributed by atoms with Crippen molar-refractivity contribution in [3.8, 4) is 5.75 Å². The molecule has 2 aromatic carbocycles. The standard InChI is InChI=1S/C24H25N5O3/c1-17-7-3-5-9-19(17)14-28-16-26-23-20(24(28)31)13-27-29(23)12-11-25-22(30)15-32-21-10-6-4-8-18(21)2/h3-10,13,16H,11-12,14-15H2,1-2H3,(H,25,30). The van der Waals surface area contributed by atoms with E-state index in [1.165, 1.54) is 6.20 Å². The average molecular weight is 431 g/mol.